The quantitative estimate of drug-likeness (QED) is 0.0373. The van der Waals surface area contributed by atoms with Crippen molar-refractivity contribution < 1.29 is 24.2 Å². The summed E-state index contributed by atoms with van der Waals surface area (Å²) in [6, 6.07) is 0. The standard InChI is InChI=1S/C69H116O5/c1-3-5-7-9-11-13-15-17-19-21-23-24-25-26-27-28-29-30-31-32-33-34-35-36-37-38-39-40-41-42-43-44-46-48-50-52-54-56-58-60-62-64-69(72)74-67(65-70)66-73-68(71)63-61-59-57-55-53-51-49-47-45-22-20-18-16-14-12-10-8-6-4-2/h5,7,11-14,17-20,23-24,26-27,29-30,32-33,35-36,67,70H,3-4,6,8-10,15-16,21-22,25,28,31,34,37-66H2,1-2H3/b7-5-,13-11-,14-12-,19-17-,20-18-,24-23-,27-26-,30-29-,33-32-,36-35-. The van der Waals surface area contributed by atoms with Crippen molar-refractivity contribution in [2.24, 2.45) is 0 Å². The van der Waals surface area contributed by atoms with Gasteiger partial charge in [-0.25, -0.2) is 0 Å². The molecule has 0 aliphatic carbocycles. The molecule has 0 aliphatic rings. The second-order valence-electron chi connectivity index (χ2n) is 20.4. The first-order valence-corrected chi connectivity index (χ1v) is 31.1. The Kier molecular flexibility index (Phi) is 60.4. The van der Waals surface area contributed by atoms with E-state index in [1.807, 2.05) is 0 Å². The van der Waals surface area contributed by atoms with Crippen molar-refractivity contribution in [1.29, 1.82) is 0 Å². The van der Waals surface area contributed by atoms with Crippen LogP contribution in [0.2, 0.25) is 0 Å². The molecule has 0 aliphatic heterocycles. The Hall–Kier alpha value is -3.70. The number of aliphatic hydroxyl groups is 1. The van der Waals surface area contributed by atoms with Crippen LogP contribution in [-0.2, 0) is 19.1 Å². The summed E-state index contributed by atoms with van der Waals surface area (Å²) in [7, 11) is 0. The predicted molar refractivity (Wildman–Crippen MR) is 325 cm³/mol. The van der Waals surface area contributed by atoms with Crippen LogP contribution in [0, 0.1) is 0 Å². The van der Waals surface area contributed by atoms with Gasteiger partial charge in [0.1, 0.15) is 6.61 Å². The van der Waals surface area contributed by atoms with Gasteiger partial charge in [-0.15, -0.1) is 0 Å². The SMILES string of the molecule is CC/C=C\C/C=C\C/C=C\C/C=C\C/C=C\C/C=C\C/C=C\C/C=C\CCCCCCCCCCCCCCCCCCC(=O)OC(CO)COC(=O)CCCCCCCCCCC/C=C\C/C=C\CCCCC. The molecule has 0 aromatic heterocycles. The smallest absolute Gasteiger partial charge is 0.306 e. The zero-order valence-corrected chi connectivity index (χ0v) is 48.3. The van der Waals surface area contributed by atoms with Crippen LogP contribution in [0.25, 0.3) is 0 Å². The number of allylic oxidation sites excluding steroid dienone is 20. The number of carbonyl (C=O) groups is 2. The van der Waals surface area contributed by atoms with Gasteiger partial charge in [0.2, 0.25) is 0 Å². The van der Waals surface area contributed by atoms with Gasteiger partial charge in [-0.05, 0) is 109 Å². The molecule has 1 unspecified atom stereocenters. The van der Waals surface area contributed by atoms with E-state index in [2.05, 4.69) is 135 Å². The highest BCUT2D eigenvalue weighted by molar-refractivity contribution is 5.70. The number of rotatable bonds is 56. The highest BCUT2D eigenvalue weighted by Crippen LogP contribution is 2.16. The lowest BCUT2D eigenvalue weighted by Gasteiger charge is -2.15. The van der Waals surface area contributed by atoms with Gasteiger partial charge in [0.15, 0.2) is 6.10 Å². The molecule has 0 aromatic carbocycles. The summed E-state index contributed by atoms with van der Waals surface area (Å²) in [6.45, 7) is 4.01. The molecule has 0 saturated carbocycles. The Bertz CT molecular complexity index is 1490. The molecule has 74 heavy (non-hydrogen) atoms. The van der Waals surface area contributed by atoms with E-state index in [0.717, 1.165) is 96.3 Å². The van der Waals surface area contributed by atoms with E-state index >= 15 is 0 Å². The number of hydrogen-bond donors (Lipinski definition) is 1. The van der Waals surface area contributed by atoms with Gasteiger partial charge in [-0.2, -0.15) is 0 Å². The van der Waals surface area contributed by atoms with Gasteiger partial charge in [-0.3, -0.25) is 9.59 Å². The molecular weight excluding hydrogens is 909 g/mol. The average molecular weight is 1030 g/mol. The Morgan fingerprint density at radius 1 is 0.324 bits per heavy atom. The number of hydrogen-bond acceptors (Lipinski definition) is 5. The van der Waals surface area contributed by atoms with Gasteiger partial charge >= 0.3 is 11.9 Å². The molecule has 422 valence electrons. The molecule has 0 fully saturated rings. The van der Waals surface area contributed by atoms with Crippen LogP contribution >= 0.6 is 0 Å². The molecular formula is C69H116O5. The molecule has 0 radical (unpaired) electrons. The first-order chi connectivity index (χ1) is 36.6. The van der Waals surface area contributed by atoms with Crippen LogP contribution < -0.4 is 0 Å². The molecule has 5 heteroatoms. The van der Waals surface area contributed by atoms with E-state index < -0.39 is 6.10 Å². The molecule has 0 spiro atoms. The Morgan fingerprint density at radius 2 is 0.581 bits per heavy atom. The maximum Gasteiger partial charge on any atom is 0.306 e. The summed E-state index contributed by atoms with van der Waals surface area (Å²) in [4.78, 5) is 24.5. The van der Waals surface area contributed by atoms with E-state index in [1.165, 1.54) is 161 Å². The molecule has 0 heterocycles. The topological polar surface area (TPSA) is 72.8 Å². The lowest BCUT2D eigenvalue weighted by molar-refractivity contribution is -0.161. The van der Waals surface area contributed by atoms with Gasteiger partial charge in [0, 0.05) is 12.8 Å². The molecule has 0 rings (SSSR count). The lowest BCUT2D eigenvalue weighted by Crippen LogP contribution is -2.28. The fraction of sp³-hybridized carbons (Fsp3) is 0.681. The van der Waals surface area contributed by atoms with Crippen molar-refractivity contribution in [2.75, 3.05) is 13.2 Å². The highest BCUT2D eigenvalue weighted by Gasteiger charge is 2.16. The summed E-state index contributed by atoms with van der Waals surface area (Å²) in [5.74, 6) is -0.592. The number of esters is 2. The molecule has 0 saturated heterocycles. The zero-order valence-electron chi connectivity index (χ0n) is 48.3. The first kappa shape index (κ1) is 70.3. The number of aliphatic hydroxyl groups excluding tert-OH is 1. The summed E-state index contributed by atoms with van der Waals surface area (Å²) in [5, 5.41) is 9.66. The Morgan fingerprint density at radius 3 is 0.878 bits per heavy atom. The molecule has 1 N–H and O–H groups in total. The van der Waals surface area contributed by atoms with E-state index in [0.29, 0.717) is 12.8 Å². The average Bonchev–Trinajstić information content (AvgIpc) is 3.40. The minimum Gasteiger partial charge on any atom is -0.462 e. The van der Waals surface area contributed by atoms with Crippen molar-refractivity contribution in [1.82, 2.24) is 0 Å². The van der Waals surface area contributed by atoms with E-state index in [9.17, 15) is 14.7 Å². The third kappa shape index (κ3) is 60.9. The van der Waals surface area contributed by atoms with Crippen LogP contribution in [0.3, 0.4) is 0 Å². The van der Waals surface area contributed by atoms with Gasteiger partial charge in [-0.1, -0.05) is 283 Å². The third-order valence-electron chi connectivity index (χ3n) is 13.2. The Labute approximate surface area is 458 Å². The van der Waals surface area contributed by atoms with Crippen molar-refractivity contribution >= 4 is 11.9 Å². The van der Waals surface area contributed by atoms with Crippen LogP contribution in [0.5, 0.6) is 0 Å². The molecule has 0 aromatic rings. The van der Waals surface area contributed by atoms with Crippen LogP contribution in [0.4, 0.5) is 0 Å². The van der Waals surface area contributed by atoms with Crippen LogP contribution in [-0.4, -0.2) is 36.4 Å². The maximum absolute atomic E-state index is 12.3. The summed E-state index contributed by atoms with van der Waals surface area (Å²) in [6.07, 6.45) is 93.3. The Balaban J connectivity index is 3.50. The van der Waals surface area contributed by atoms with Crippen LogP contribution in [0.15, 0.2) is 122 Å². The molecule has 1 atom stereocenters. The summed E-state index contributed by atoms with van der Waals surface area (Å²) < 4.78 is 10.7. The number of unbranched alkanes of at least 4 members (excludes halogenated alkanes) is 28. The predicted octanol–water partition coefficient (Wildman–Crippen LogP) is 21.4. The minimum atomic E-state index is -0.780. The molecule has 0 bridgehead atoms. The fourth-order valence-electron chi connectivity index (χ4n) is 8.60. The second-order valence-corrected chi connectivity index (χ2v) is 20.4. The van der Waals surface area contributed by atoms with E-state index in [4.69, 9.17) is 9.47 Å². The monoisotopic (exact) mass is 1020 g/mol. The normalized spacial score (nSPS) is 13.1. The summed E-state index contributed by atoms with van der Waals surface area (Å²) in [5.41, 5.74) is 0. The third-order valence-corrected chi connectivity index (χ3v) is 13.2. The van der Waals surface area contributed by atoms with Crippen molar-refractivity contribution in [2.45, 2.75) is 290 Å². The number of carbonyl (C=O) groups excluding carboxylic acids is 2. The minimum absolute atomic E-state index is 0.0706. The lowest BCUT2D eigenvalue weighted by atomic mass is 10.0. The molecule has 5 nitrogen and oxygen atoms in total. The van der Waals surface area contributed by atoms with E-state index in [1.54, 1.807) is 0 Å². The second kappa shape index (κ2) is 63.6. The zero-order chi connectivity index (χ0) is 53.4. The van der Waals surface area contributed by atoms with Crippen molar-refractivity contribution in [3.05, 3.63) is 122 Å². The van der Waals surface area contributed by atoms with Crippen molar-refractivity contribution in [3.63, 3.8) is 0 Å². The fourth-order valence-corrected chi connectivity index (χ4v) is 8.60. The van der Waals surface area contributed by atoms with Gasteiger partial charge in [0.25, 0.3) is 0 Å². The first-order valence-electron chi connectivity index (χ1n) is 31.1. The van der Waals surface area contributed by atoms with Crippen molar-refractivity contribution in [3.8, 4) is 0 Å². The number of ether oxygens (including phenoxy) is 2. The highest BCUT2D eigenvalue weighted by atomic mass is 16.6. The van der Waals surface area contributed by atoms with Gasteiger partial charge in [0.05, 0.1) is 6.61 Å². The van der Waals surface area contributed by atoms with Crippen LogP contribution in [0.1, 0.15) is 284 Å². The molecule has 0 amide bonds. The summed E-state index contributed by atoms with van der Waals surface area (Å²) >= 11 is 0. The van der Waals surface area contributed by atoms with Gasteiger partial charge < -0.3 is 14.6 Å². The maximum atomic E-state index is 12.3. The van der Waals surface area contributed by atoms with E-state index in [-0.39, 0.29) is 25.2 Å². The largest absolute Gasteiger partial charge is 0.462 e.